The molecule has 0 unspecified atom stereocenters. The van der Waals surface area contributed by atoms with Crippen LogP contribution in [0.5, 0.6) is 17.2 Å². The smallest absolute Gasteiger partial charge is 0.266 e. The summed E-state index contributed by atoms with van der Waals surface area (Å²) in [5, 5.41) is 10.7. The Labute approximate surface area is 187 Å². The zero-order chi connectivity index (χ0) is 21.0. The fourth-order valence-electron chi connectivity index (χ4n) is 2.76. The first kappa shape index (κ1) is 21.5. The number of thioether (sulfide) groups is 1. The van der Waals surface area contributed by atoms with Crippen LogP contribution in [-0.4, -0.2) is 41.8 Å². The lowest BCUT2D eigenvalue weighted by atomic mass is 10.2. The Morgan fingerprint density at radius 2 is 1.93 bits per heavy atom. The molecule has 0 radical (unpaired) electrons. The summed E-state index contributed by atoms with van der Waals surface area (Å²) in [5.74, 6) is 1.14. The summed E-state index contributed by atoms with van der Waals surface area (Å²) >= 11 is 3.38. The van der Waals surface area contributed by atoms with Gasteiger partial charge in [0, 0.05) is 6.54 Å². The van der Waals surface area contributed by atoms with Crippen molar-refractivity contribution >= 4 is 57.2 Å². The third-order valence-electron chi connectivity index (χ3n) is 4.20. The molecule has 2 aromatic carbocycles. The van der Waals surface area contributed by atoms with E-state index in [4.69, 9.17) is 9.47 Å². The van der Waals surface area contributed by atoms with Gasteiger partial charge in [0.15, 0.2) is 16.7 Å². The van der Waals surface area contributed by atoms with Crippen LogP contribution in [-0.2, 0) is 4.79 Å². The summed E-state index contributed by atoms with van der Waals surface area (Å²) < 4.78 is 11.1. The summed E-state index contributed by atoms with van der Waals surface area (Å²) in [5.41, 5.74) is 1.53. The van der Waals surface area contributed by atoms with E-state index in [9.17, 15) is 9.90 Å². The maximum Gasteiger partial charge on any atom is 0.266 e. The second-order valence-electron chi connectivity index (χ2n) is 6.21. The minimum atomic E-state index is -0.0776. The van der Waals surface area contributed by atoms with Crippen LogP contribution < -0.4 is 9.47 Å². The molecule has 1 heterocycles. The lowest BCUT2D eigenvalue weighted by Gasteiger charge is -2.14. The van der Waals surface area contributed by atoms with Gasteiger partial charge < -0.3 is 14.6 Å². The predicted octanol–water partition coefficient (Wildman–Crippen LogP) is 5.03. The number of ether oxygens (including phenoxy) is 2. The second-order valence-corrected chi connectivity index (χ2v) is 8.38. The Hall–Kier alpha value is -2.20. The van der Waals surface area contributed by atoms with E-state index in [2.05, 4.69) is 4.99 Å². The van der Waals surface area contributed by atoms with Crippen LogP contribution in [0.1, 0.15) is 18.9 Å². The molecule has 1 fully saturated rings. The number of nitrogens with zero attached hydrogens (tertiary/aromatic N) is 2. The van der Waals surface area contributed by atoms with Crippen LogP contribution >= 0.6 is 34.4 Å². The van der Waals surface area contributed by atoms with E-state index in [-0.39, 0.29) is 11.7 Å². The highest BCUT2D eigenvalue weighted by Gasteiger charge is 2.32. The number of halogens is 1. The van der Waals surface area contributed by atoms with Gasteiger partial charge in [-0.1, -0.05) is 6.92 Å². The number of phenolic OH excluding ortho intramolecular Hbond substituents is 1. The number of methoxy groups -OCH3 is 2. The Morgan fingerprint density at radius 3 is 2.55 bits per heavy atom. The number of benzene rings is 2. The molecule has 1 saturated heterocycles. The van der Waals surface area contributed by atoms with Gasteiger partial charge >= 0.3 is 0 Å². The molecule has 152 valence electrons. The lowest BCUT2D eigenvalue weighted by molar-refractivity contribution is -0.122. The summed E-state index contributed by atoms with van der Waals surface area (Å²) in [4.78, 5) is 19.9. The number of hydrogen-bond acceptors (Lipinski definition) is 6. The highest BCUT2D eigenvalue weighted by molar-refractivity contribution is 14.1. The molecule has 2 aromatic rings. The molecule has 6 nitrogen and oxygen atoms in total. The van der Waals surface area contributed by atoms with Crippen LogP contribution in [0.3, 0.4) is 0 Å². The third kappa shape index (κ3) is 4.87. The minimum absolute atomic E-state index is 0.0776. The monoisotopic (exact) mass is 524 g/mol. The van der Waals surface area contributed by atoms with E-state index in [1.165, 1.54) is 18.9 Å². The highest BCUT2D eigenvalue weighted by Crippen LogP contribution is 2.37. The topological polar surface area (TPSA) is 71.4 Å². The van der Waals surface area contributed by atoms with Crippen molar-refractivity contribution in [2.45, 2.75) is 13.3 Å². The first-order valence-electron chi connectivity index (χ1n) is 8.97. The van der Waals surface area contributed by atoms with Crippen molar-refractivity contribution in [1.29, 1.82) is 0 Å². The number of aliphatic imine (C=N–C) groups is 1. The van der Waals surface area contributed by atoms with Gasteiger partial charge in [0.05, 0.1) is 28.4 Å². The van der Waals surface area contributed by atoms with Gasteiger partial charge in [0.1, 0.15) is 5.75 Å². The molecule has 0 aliphatic carbocycles. The second kappa shape index (κ2) is 9.53. The molecule has 0 atom stereocenters. The van der Waals surface area contributed by atoms with Gasteiger partial charge in [-0.25, -0.2) is 4.99 Å². The van der Waals surface area contributed by atoms with Gasteiger partial charge in [0.2, 0.25) is 0 Å². The maximum absolute atomic E-state index is 13.0. The van der Waals surface area contributed by atoms with Crippen molar-refractivity contribution in [3.63, 3.8) is 0 Å². The number of phenols is 1. The minimum Gasteiger partial charge on any atom is -0.504 e. The number of rotatable bonds is 6. The summed E-state index contributed by atoms with van der Waals surface area (Å²) in [7, 11) is 3.12. The highest BCUT2D eigenvalue weighted by atomic mass is 127. The lowest BCUT2D eigenvalue weighted by Crippen LogP contribution is -2.29. The van der Waals surface area contributed by atoms with Crippen LogP contribution in [0, 0.1) is 3.57 Å². The van der Waals surface area contributed by atoms with Crippen molar-refractivity contribution in [1.82, 2.24) is 4.90 Å². The van der Waals surface area contributed by atoms with Crippen molar-refractivity contribution in [3.05, 3.63) is 50.4 Å². The van der Waals surface area contributed by atoms with E-state index in [0.29, 0.717) is 25.9 Å². The average Bonchev–Trinajstić information content (AvgIpc) is 3.00. The number of carbonyl (C=O) groups is 1. The molecular weight excluding hydrogens is 503 g/mol. The van der Waals surface area contributed by atoms with Gasteiger partial charge in [-0.05, 0) is 88.8 Å². The molecule has 1 N–H and O–H groups in total. The largest absolute Gasteiger partial charge is 0.504 e. The maximum atomic E-state index is 13.0. The molecule has 8 heteroatoms. The van der Waals surface area contributed by atoms with E-state index in [1.54, 1.807) is 24.2 Å². The number of amidine groups is 1. The molecule has 1 aliphatic rings. The zero-order valence-corrected chi connectivity index (χ0v) is 19.3. The summed E-state index contributed by atoms with van der Waals surface area (Å²) in [6, 6.07) is 10.9. The molecular formula is C21H21IN2O4S. The predicted molar refractivity (Wildman–Crippen MR) is 125 cm³/mol. The first-order valence-corrected chi connectivity index (χ1v) is 10.9. The van der Waals surface area contributed by atoms with E-state index < -0.39 is 0 Å². The molecule has 0 saturated carbocycles. The fourth-order valence-corrected chi connectivity index (χ4v) is 4.41. The van der Waals surface area contributed by atoms with Gasteiger partial charge in [-0.2, -0.15) is 0 Å². The average molecular weight is 524 g/mol. The molecule has 1 aliphatic heterocycles. The molecule has 0 bridgehead atoms. The van der Waals surface area contributed by atoms with Crippen LogP contribution in [0.15, 0.2) is 46.3 Å². The Balaban J connectivity index is 1.95. The number of carbonyl (C=O) groups excluding carboxylic acids is 1. The van der Waals surface area contributed by atoms with Gasteiger partial charge in [-0.3, -0.25) is 9.69 Å². The van der Waals surface area contributed by atoms with Crippen LogP contribution in [0.25, 0.3) is 6.08 Å². The van der Waals surface area contributed by atoms with Crippen LogP contribution in [0.2, 0.25) is 0 Å². The van der Waals surface area contributed by atoms with Gasteiger partial charge in [-0.15, -0.1) is 0 Å². The SMILES string of the molecule is CCCN1C(=O)C(=Cc2cc(I)c(O)c(OC)c2)SC1=Nc1ccc(OC)cc1. The fraction of sp³-hybridized carbons (Fsp3) is 0.238. The normalized spacial score (nSPS) is 16.7. The quantitative estimate of drug-likeness (QED) is 0.424. The molecule has 29 heavy (non-hydrogen) atoms. The van der Waals surface area contributed by atoms with E-state index in [1.807, 2.05) is 59.8 Å². The summed E-state index contributed by atoms with van der Waals surface area (Å²) in [6.07, 6.45) is 2.63. The van der Waals surface area contributed by atoms with Crippen molar-refractivity contribution in [3.8, 4) is 17.2 Å². The van der Waals surface area contributed by atoms with E-state index >= 15 is 0 Å². The molecule has 0 spiro atoms. The van der Waals surface area contributed by atoms with Crippen molar-refractivity contribution in [2.75, 3.05) is 20.8 Å². The van der Waals surface area contributed by atoms with E-state index in [0.717, 1.165) is 23.4 Å². The van der Waals surface area contributed by atoms with Crippen LogP contribution in [0.4, 0.5) is 5.69 Å². The van der Waals surface area contributed by atoms with Crippen molar-refractivity contribution in [2.24, 2.45) is 4.99 Å². The third-order valence-corrected chi connectivity index (χ3v) is 6.03. The molecule has 1 amide bonds. The number of hydrogen-bond donors (Lipinski definition) is 1. The Kier molecular flexibility index (Phi) is 7.07. The first-order chi connectivity index (χ1) is 14.0. The Morgan fingerprint density at radius 1 is 1.21 bits per heavy atom. The molecule has 3 rings (SSSR count). The summed E-state index contributed by atoms with van der Waals surface area (Å²) in [6.45, 7) is 2.62. The zero-order valence-electron chi connectivity index (χ0n) is 16.3. The molecule has 0 aromatic heterocycles. The van der Waals surface area contributed by atoms with Crippen molar-refractivity contribution < 1.29 is 19.4 Å². The number of aromatic hydroxyl groups is 1. The number of amides is 1. The standard InChI is InChI=1S/C21H21IN2O4S/c1-4-9-24-20(26)18(12-13-10-16(22)19(25)17(11-13)28-3)29-21(24)23-14-5-7-15(27-2)8-6-14/h5-8,10-12,25H,4,9H2,1-3H3. The van der Waals surface area contributed by atoms with Gasteiger partial charge in [0.25, 0.3) is 5.91 Å². The Bertz CT molecular complexity index is 973.